The lowest BCUT2D eigenvalue weighted by molar-refractivity contribution is 0.286. The quantitative estimate of drug-likeness (QED) is 0.877. The minimum atomic E-state index is 0.203. The number of hydrogen-bond acceptors (Lipinski definition) is 2. The van der Waals surface area contributed by atoms with Crippen molar-refractivity contribution >= 4 is 22.6 Å². The fraction of sp³-hybridized carbons (Fsp3) is 0.533. The minimum absolute atomic E-state index is 0.203. The third-order valence-corrected chi connectivity index (χ3v) is 3.51. The molecule has 1 heterocycles. The summed E-state index contributed by atoms with van der Waals surface area (Å²) in [7, 11) is 0. The highest BCUT2D eigenvalue weighted by molar-refractivity contribution is 6.31. The van der Waals surface area contributed by atoms with E-state index in [2.05, 4.69) is 23.4 Å². The van der Waals surface area contributed by atoms with Gasteiger partial charge in [-0.25, -0.2) is 4.98 Å². The Bertz CT molecular complexity index is 548. The van der Waals surface area contributed by atoms with Crippen molar-refractivity contribution in [3.8, 4) is 0 Å². The van der Waals surface area contributed by atoms with Crippen LogP contribution in [0.1, 0.15) is 32.5 Å². The smallest absolute Gasteiger partial charge is 0.109 e. The highest BCUT2D eigenvalue weighted by atomic mass is 35.5. The van der Waals surface area contributed by atoms with E-state index in [9.17, 15) is 0 Å². The number of fused-ring (bicyclic) bond motifs is 1. The van der Waals surface area contributed by atoms with E-state index in [0.717, 1.165) is 47.7 Å². The highest BCUT2D eigenvalue weighted by Crippen LogP contribution is 2.22. The molecule has 0 bridgehead atoms. The Balaban J connectivity index is 2.36. The first-order valence-corrected chi connectivity index (χ1v) is 7.25. The molecule has 1 N–H and O–H groups in total. The van der Waals surface area contributed by atoms with Crippen molar-refractivity contribution in [1.29, 1.82) is 0 Å². The maximum absolute atomic E-state index is 9.00. The first kappa shape index (κ1) is 14.4. The van der Waals surface area contributed by atoms with Crippen molar-refractivity contribution in [1.82, 2.24) is 9.55 Å². The number of rotatable bonds is 6. The molecule has 0 aliphatic rings. The summed E-state index contributed by atoms with van der Waals surface area (Å²) in [5, 5.41) is 9.71. The maximum Gasteiger partial charge on any atom is 0.109 e. The van der Waals surface area contributed by atoms with Gasteiger partial charge in [0.05, 0.1) is 11.0 Å². The summed E-state index contributed by atoms with van der Waals surface area (Å²) < 4.78 is 2.27. The van der Waals surface area contributed by atoms with Crippen LogP contribution in [0.15, 0.2) is 18.2 Å². The second-order valence-electron chi connectivity index (χ2n) is 5.32. The van der Waals surface area contributed by atoms with Crippen LogP contribution in [0.2, 0.25) is 5.02 Å². The van der Waals surface area contributed by atoms with Gasteiger partial charge < -0.3 is 9.67 Å². The number of halogens is 1. The summed E-state index contributed by atoms with van der Waals surface area (Å²) in [4.78, 5) is 4.66. The first-order valence-electron chi connectivity index (χ1n) is 6.87. The zero-order valence-electron chi connectivity index (χ0n) is 11.6. The number of aliphatic hydroxyl groups excluding tert-OH is 1. The summed E-state index contributed by atoms with van der Waals surface area (Å²) in [6.45, 7) is 5.62. The second-order valence-corrected chi connectivity index (χ2v) is 5.76. The van der Waals surface area contributed by atoms with Gasteiger partial charge in [0, 0.05) is 24.6 Å². The molecule has 0 atom stereocenters. The number of imidazole rings is 1. The number of aryl methyl sites for hydroxylation is 2. The van der Waals surface area contributed by atoms with Crippen LogP contribution in [0.25, 0.3) is 11.0 Å². The molecule has 2 aromatic rings. The fourth-order valence-electron chi connectivity index (χ4n) is 2.22. The van der Waals surface area contributed by atoms with Crippen LogP contribution in [0.3, 0.4) is 0 Å². The van der Waals surface area contributed by atoms with Crippen LogP contribution in [-0.2, 0) is 13.0 Å². The topological polar surface area (TPSA) is 38.0 Å². The Kier molecular flexibility index (Phi) is 4.83. The number of nitrogens with zero attached hydrogens (tertiary/aromatic N) is 2. The van der Waals surface area contributed by atoms with Gasteiger partial charge in [0.1, 0.15) is 5.82 Å². The predicted octanol–water partition coefficient (Wildman–Crippen LogP) is 3.66. The molecular formula is C15H21ClN2O. The molecule has 0 aliphatic heterocycles. The molecule has 0 unspecified atom stereocenters. The Hall–Kier alpha value is -1.06. The molecule has 2 rings (SSSR count). The average Bonchev–Trinajstić information content (AvgIpc) is 2.70. The summed E-state index contributed by atoms with van der Waals surface area (Å²) in [5.74, 6) is 1.71. The van der Waals surface area contributed by atoms with Gasteiger partial charge in [-0.05, 0) is 37.0 Å². The number of aromatic nitrogens is 2. The molecule has 1 aromatic carbocycles. The molecule has 104 valence electrons. The normalized spacial score (nSPS) is 11.6. The SMILES string of the molecule is CC(C)CCn1c(CCCO)nc2cc(Cl)ccc21. The molecule has 0 aliphatic carbocycles. The van der Waals surface area contributed by atoms with Gasteiger partial charge in [-0.1, -0.05) is 25.4 Å². The van der Waals surface area contributed by atoms with E-state index < -0.39 is 0 Å². The van der Waals surface area contributed by atoms with Gasteiger partial charge in [0.25, 0.3) is 0 Å². The predicted molar refractivity (Wildman–Crippen MR) is 79.6 cm³/mol. The molecule has 4 heteroatoms. The maximum atomic E-state index is 9.00. The Morgan fingerprint density at radius 1 is 1.37 bits per heavy atom. The van der Waals surface area contributed by atoms with E-state index in [1.165, 1.54) is 0 Å². The van der Waals surface area contributed by atoms with Gasteiger partial charge >= 0.3 is 0 Å². The van der Waals surface area contributed by atoms with Crippen molar-refractivity contribution in [2.24, 2.45) is 5.92 Å². The summed E-state index contributed by atoms with van der Waals surface area (Å²) in [5.41, 5.74) is 2.09. The summed E-state index contributed by atoms with van der Waals surface area (Å²) in [6.07, 6.45) is 2.68. The van der Waals surface area contributed by atoms with E-state index in [1.54, 1.807) is 0 Å². The van der Waals surface area contributed by atoms with Crippen LogP contribution < -0.4 is 0 Å². The summed E-state index contributed by atoms with van der Waals surface area (Å²) in [6, 6.07) is 5.85. The van der Waals surface area contributed by atoms with E-state index in [4.69, 9.17) is 16.7 Å². The van der Waals surface area contributed by atoms with Gasteiger partial charge in [-0.15, -0.1) is 0 Å². The van der Waals surface area contributed by atoms with Crippen LogP contribution in [0.5, 0.6) is 0 Å². The first-order chi connectivity index (χ1) is 9.11. The Morgan fingerprint density at radius 2 is 2.16 bits per heavy atom. The molecular weight excluding hydrogens is 260 g/mol. The van der Waals surface area contributed by atoms with Gasteiger partial charge in [0.15, 0.2) is 0 Å². The molecule has 0 saturated heterocycles. The molecule has 0 spiro atoms. The minimum Gasteiger partial charge on any atom is -0.396 e. The van der Waals surface area contributed by atoms with Crippen LogP contribution in [0, 0.1) is 5.92 Å². The third-order valence-electron chi connectivity index (χ3n) is 3.28. The lowest BCUT2D eigenvalue weighted by Gasteiger charge is -2.10. The van der Waals surface area contributed by atoms with Crippen molar-refractivity contribution in [2.75, 3.05) is 6.61 Å². The average molecular weight is 281 g/mol. The molecule has 0 radical (unpaired) electrons. The van der Waals surface area contributed by atoms with E-state index in [1.807, 2.05) is 18.2 Å². The van der Waals surface area contributed by atoms with Crippen molar-refractivity contribution in [3.05, 3.63) is 29.0 Å². The van der Waals surface area contributed by atoms with Crippen molar-refractivity contribution in [2.45, 2.75) is 39.7 Å². The zero-order chi connectivity index (χ0) is 13.8. The molecule has 3 nitrogen and oxygen atoms in total. The van der Waals surface area contributed by atoms with E-state index >= 15 is 0 Å². The standard InChI is InChI=1S/C15H21ClN2O/c1-11(2)7-8-18-14-6-5-12(16)10-13(14)17-15(18)4-3-9-19/h5-6,10-11,19H,3-4,7-9H2,1-2H3. The highest BCUT2D eigenvalue weighted by Gasteiger charge is 2.11. The monoisotopic (exact) mass is 280 g/mol. The van der Waals surface area contributed by atoms with E-state index in [-0.39, 0.29) is 6.61 Å². The number of aliphatic hydroxyl groups is 1. The Morgan fingerprint density at radius 3 is 2.84 bits per heavy atom. The van der Waals surface area contributed by atoms with Gasteiger partial charge in [-0.3, -0.25) is 0 Å². The summed E-state index contributed by atoms with van der Waals surface area (Å²) >= 11 is 6.02. The molecule has 19 heavy (non-hydrogen) atoms. The second kappa shape index (κ2) is 6.40. The van der Waals surface area contributed by atoms with Crippen LogP contribution >= 0.6 is 11.6 Å². The van der Waals surface area contributed by atoms with Gasteiger partial charge in [0.2, 0.25) is 0 Å². The van der Waals surface area contributed by atoms with Crippen LogP contribution in [-0.4, -0.2) is 21.3 Å². The third kappa shape index (κ3) is 3.48. The van der Waals surface area contributed by atoms with Gasteiger partial charge in [-0.2, -0.15) is 0 Å². The number of benzene rings is 1. The van der Waals surface area contributed by atoms with Crippen molar-refractivity contribution in [3.63, 3.8) is 0 Å². The zero-order valence-corrected chi connectivity index (χ0v) is 12.3. The lowest BCUT2D eigenvalue weighted by atomic mass is 10.1. The molecule has 1 aromatic heterocycles. The molecule has 0 fully saturated rings. The fourth-order valence-corrected chi connectivity index (χ4v) is 2.38. The lowest BCUT2D eigenvalue weighted by Crippen LogP contribution is -2.07. The number of hydrogen-bond donors (Lipinski definition) is 1. The van der Waals surface area contributed by atoms with Crippen LogP contribution in [0.4, 0.5) is 0 Å². The molecule has 0 amide bonds. The van der Waals surface area contributed by atoms with Crippen molar-refractivity contribution < 1.29 is 5.11 Å². The Labute approximate surface area is 119 Å². The van der Waals surface area contributed by atoms with E-state index in [0.29, 0.717) is 5.92 Å². The largest absolute Gasteiger partial charge is 0.396 e. The molecule has 0 saturated carbocycles.